The second kappa shape index (κ2) is 8.39. The molecule has 1 aliphatic rings. The van der Waals surface area contributed by atoms with Crippen molar-refractivity contribution in [2.24, 2.45) is 4.99 Å². The van der Waals surface area contributed by atoms with Gasteiger partial charge in [0.05, 0.1) is 31.9 Å². The topological polar surface area (TPSA) is 69.2 Å². The zero-order chi connectivity index (χ0) is 20.3. The number of hydrogen-bond donors (Lipinski definition) is 1. The summed E-state index contributed by atoms with van der Waals surface area (Å²) in [4.78, 5) is 17.5. The molecule has 0 radical (unpaired) electrons. The summed E-state index contributed by atoms with van der Waals surface area (Å²) in [6, 6.07) is 9.64. The zero-order valence-electron chi connectivity index (χ0n) is 16.5. The maximum atomic E-state index is 12.4. The Balaban J connectivity index is 1.93. The van der Waals surface area contributed by atoms with Crippen LogP contribution in [0.25, 0.3) is 6.08 Å². The van der Waals surface area contributed by atoms with Crippen molar-refractivity contribution < 1.29 is 19.0 Å². The molecule has 0 bridgehead atoms. The van der Waals surface area contributed by atoms with Gasteiger partial charge in [0.1, 0.15) is 0 Å². The van der Waals surface area contributed by atoms with Gasteiger partial charge in [0.15, 0.2) is 16.7 Å². The molecule has 0 aliphatic carbocycles. The second-order valence-electron chi connectivity index (χ2n) is 6.23. The lowest BCUT2D eigenvalue weighted by atomic mass is 10.1. The van der Waals surface area contributed by atoms with Crippen LogP contribution in [0.1, 0.15) is 16.7 Å². The highest BCUT2D eigenvalue weighted by Gasteiger charge is 2.24. The van der Waals surface area contributed by atoms with Gasteiger partial charge >= 0.3 is 0 Å². The number of thioether (sulfide) groups is 1. The lowest BCUT2D eigenvalue weighted by molar-refractivity contribution is -0.115. The van der Waals surface area contributed by atoms with E-state index in [-0.39, 0.29) is 5.91 Å². The van der Waals surface area contributed by atoms with E-state index in [1.165, 1.54) is 11.8 Å². The summed E-state index contributed by atoms with van der Waals surface area (Å²) in [6.45, 7) is 4.01. The van der Waals surface area contributed by atoms with Crippen LogP contribution in [0.3, 0.4) is 0 Å². The smallest absolute Gasteiger partial charge is 0.264 e. The van der Waals surface area contributed by atoms with Crippen LogP contribution in [0.2, 0.25) is 0 Å². The Morgan fingerprint density at radius 2 is 1.68 bits per heavy atom. The molecule has 2 aromatic carbocycles. The number of nitrogens with one attached hydrogen (secondary N) is 1. The summed E-state index contributed by atoms with van der Waals surface area (Å²) >= 11 is 1.30. The molecule has 1 saturated heterocycles. The summed E-state index contributed by atoms with van der Waals surface area (Å²) in [5.41, 5.74) is 3.78. The first kappa shape index (κ1) is 19.8. The minimum atomic E-state index is -0.192. The Labute approximate surface area is 168 Å². The molecule has 28 heavy (non-hydrogen) atoms. The Morgan fingerprint density at radius 3 is 2.29 bits per heavy atom. The van der Waals surface area contributed by atoms with Crippen LogP contribution in [0.5, 0.6) is 17.2 Å². The molecular weight excluding hydrogens is 376 g/mol. The predicted molar refractivity (Wildman–Crippen MR) is 113 cm³/mol. The van der Waals surface area contributed by atoms with Gasteiger partial charge in [-0.1, -0.05) is 12.1 Å². The number of carbonyl (C=O) groups excluding carboxylic acids is 1. The first-order valence-corrected chi connectivity index (χ1v) is 9.43. The van der Waals surface area contributed by atoms with Gasteiger partial charge in [0.25, 0.3) is 5.91 Å². The van der Waals surface area contributed by atoms with Gasteiger partial charge in [0, 0.05) is 0 Å². The Hall–Kier alpha value is -2.93. The van der Waals surface area contributed by atoms with Gasteiger partial charge in [-0.05, 0) is 66.6 Å². The second-order valence-corrected chi connectivity index (χ2v) is 7.26. The summed E-state index contributed by atoms with van der Waals surface area (Å²) in [6.07, 6.45) is 1.77. The van der Waals surface area contributed by atoms with E-state index in [1.807, 2.05) is 32.0 Å². The molecule has 146 valence electrons. The summed E-state index contributed by atoms with van der Waals surface area (Å²) in [5.74, 6) is 1.37. The third-order valence-electron chi connectivity index (χ3n) is 4.22. The molecule has 1 fully saturated rings. The summed E-state index contributed by atoms with van der Waals surface area (Å²) < 4.78 is 16.1. The fraction of sp³-hybridized carbons (Fsp3) is 0.238. The van der Waals surface area contributed by atoms with Gasteiger partial charge in [-0.25, -0.2) is 4.99 Å². The van der Waals surface area contributed by atoms with Crippen molar-refractivity contribution in [2.75, 3.05) is 21.3 Å². The Kier molecular flexibility index (Phi) is 5.94. The number of aliphatic imine (C=N–C) groups is 1. The monoisotopic (exact) mass is 398 g/mol. The first-order valence-electron chi connectivity index (χ1n) is 8.62. The van der Waals surface area contributed by atoms with E-state index < -0.39 is 0 Å². The quantitative estimate of drug-likeness (QED) is 0.764. The minimum absolute atomic E-state index is 0.192. The highest BCUT2D eigenvalue weighted by Crippen LogP contribution is 2.39. The molecule has 0 spiro atoms. The van der Waals surface area contributed by atoms with Gasteiger partial charge in [0.2, 0.25) is 5.75 Å². The Morgan fingerprint density at radius 1 is 1.00 bits per heavy atom. The number of rotatable bonds is 5. The van der Waals surface area contributed by atoms with E-state index in [0.717, 1.165) is 22.4 Å². The molecule has 0 aromatic heterocycles. The number of ether oxygens (including phenoxy) is 3. The lowest BCUT2D eigenvalue weighted by Gasteiger charge is -2.12. The first-order chi connectivity index (χ1) is 13.4. The van der Waals surface area contributed by atoms with Gasteiger partial charge < -0.3 is 19.5 Å². The highest BCUT2D eigenvalue weighted by atomic mass is 32.2. The molecular formula is C21H22N2O4S. The summed E-state index contributed by atoms with van der Waals surface area (Å²) in [5, 5.41) is 3.37. The average molecular weight is 398 g/mol. The van der Waals surface area contributed by atoms with Crippen LogP contribution in [0.15, 0.2) is 40.2 Å². The van der Waals surface area contributed by atoms with Crippen LogP contribution in [-0.2, 0) is 4.79 Å². The van der Waals surface area contributed by atoms with E-state index in [2.05, 4.69) is 10.3 Å². The van der Waals surface area contributed by atoms with E-state index in [4.69, 9.17) is 14.2 Å². The fourth-order valence-electron chi connectivity index (χ4n) is 2.77. The molecule has 2 aromatic rings. The number of methoxy groups -OCH3 is 3. The van der Waals surface area contributed by atoms with Crippen LogP contribution in [0, 0.1) is 13.8 Å². The standard InChI is InChI=1S/C21H22N2O4S/c1-12-6-7-13(2)15(8-12)22-21-23-20(24)18(28-21)11-14-9-16(25-3)19(27-5)17(10-14)26-4/h6-11H,1-5H3,(H,22,23,24). The molecule has 0 unspecified atom stereocenters. The van der Waals surface area contributed by atoms with Crippen LogP contribution in [-0.4, -0.2) is 32.4 Å². The van der Waals surface area contributed by atoms with E-state index in [9.17, 15) is 4.79 Å². The molecule has 1 aliphatic heterocycles. The highest BCUT2D eigenvalue weighted by molar-refractivity contribution is 8.18. The zero-order valence-corrected chi connectivity index (χ0v) is 17.3. The van der Waals surface area contributed by atoms with Gasteiger partial charge in [-0.3, -0.25) is 4.79 Å². The third-order valence-corrected chi connectivity index (χ3v) is 5.13. The van der Waals surface area contributed by atoms with Gasteiger partial charge in [-0.15, -0.1) is 0 Å². The van der Waals surface area contributed by atoms with Crippen molar-refractivity contribution in [2.45, 2.75) is 13.8 Å². The maximum absolute atomic E-state index is 12.4. The minimum Gasteiger partial charge on any atom is -0.493 e. The normalized spacial score (nSPS) is 16.4. The van der Waals surface area contributed by atoms with Crippen molar-refractivity contribution in [3.63, 3.8) is 0 Å². The molecule has 1 N–H and O–H groups in total. The number of nitrogens with zero attached hydrogens (tertiary/aromatic N) is 1. The van der Waals surface area contributed by atoms with Crippen LogP contribution < -0.4 is 19.5 Å². The van der Waals surface area contributed by atoms with Crippen LogP contribution >= 0.6 is 11.8 Å². The SMILES string of the molecule is COc1cc(C=C2SC(=Nc3cc(C)ccc3C)NC2=O)cc(OC)c1OC. The molecule has 0 saturated carbocycles. The van der Waals surface area contributed by atoms with Crippen molar-refractivity contribution in [1.82, 2.24) is 5.32 Å². The van der Waals surface area contributed by atoms with E-state index in [0.29, 0.717) is 27.3 Å². The summed E-state index contributed by atoms with van der Waals surface area (Å²) in [7, 11) is 4.66. The largest absolute Gasteiger partial charge is 0.493 e. The Bertz CT molecular complexity index is 957. The van der Waals surface area contributed by atoms with E-state index in [1.54, 1.807) is 39.5 Å². The number of amidine groups is 1. The number of hydrogen-bond acceptors (Lipinski definition) is 6. The van der Waals surface area contributed by atoms with Crippen molar-refractivity contribution in [1.29, 1.82) is 0 Å². The molecule has 0 atom stereocenters. The van der Waals surface area contributed by atoms with Crippen molar-refractivity contribution >= 4 is 34.6 Å². The molecule has 1 heterocycles. The maximum Gasteiger partial charge on any atom is 0.264 e. The third kappa shape index (κ3) is 4.14. The molecule has 7 heteroatoms. The van der Waals surface area contributed by atoms with Crippen molar-refractivity contribution in [3.05, 3.63) is 51.9 Å². The predicted octanol–water partition coefficient (Wildman–Crippen LogP) is 4.22. The number of aryl methyl sites for hydroxylation is 2. The average Bonchev–Trinajstić information content (AvgIpc) is 3.02. The van der Waals surface area contributed by atoms with Crippen molar-refractivity contribution in [3.8, 4) is 17.2 Å². The van der Waals surface area contributed by atoms with Crippen LogP contribution in [0.4, 0.5) is 5.69 Å². The molecule has 3 rings (SSSR count). The molecule has 1 amide bonds. The molecule has 6 nitrogen and oxygen atoms in total. The number of amides is 1. The van der Waals surface area contributed by atoms with Gasteiger partial charge in [-0.2, -0.15) is 0 Å². The number of benzene rings is 2. The number of carbonyl (C=O) groups is 1. The lowest BCUT2D eigenvalue weighted by Crippen LogP contribution is -2.19. The van der Waals surface area contributed by atoms with E-state index >= 15 is 0 Å². The fourth-order valence-corrected chi connectivity index (χ4v) is 3.60.